The van der Waals surface area contributed by atoms with Gasteiger partial charge in [-0.2, -0.15) is 0 Å². The van der Waals surface area contributed by atoms with Crippen LogP contribution in [0.15, 0.2) is 28.7 Å². The van der Waals surface area contributed by atoms with Gasteiger partial charge in [0, 0.05) is 11.0 Å². The molecule has 3 nitrogen and oxygen atoms in total. The fourth-order valence-electron chi connectivity index (χ4n) is 1.34. The highest BCUT2D eigenvalue weighted by atomic mass is 79.9. The van der Waals surface area contributed by atoms with E-state index in [1.807, 2.05) is 45.0 Å². The fraction of sp³-hybridized carbons (Fsp3) is 0.462. The molecule has 1 atom stereocenters. The molecule has 0 unspecified atom stereocenters. The van der Waals surface area contributed by atoms with Crippen LogP contribution >= 0.6 is 15.9 Å². The average molecular weight is 299 g/mol. The second-order valence-electron chi connectivity index (χ2n) is 5.19. The van der Waals surface area contributed by atoms with E-state index in [-0.39, 0.29) is 11.3 Å². The summed E-state index contributed by atoms with van der Waals surface area (Å²) >= 11 is 3.39. The molecule has 1 amide bonds. The van der Waals surface area contributed by atoms with Crippen LogP contribution in [0.2, 0.25) is 0 Å². The molecular weight excluding hydrogens is 280 g/mol. The number of hydrogen-bond acceptors (Lipinski definition) is 2. The molecule has 94 valence electrons. The van der Waals surface area contributed by atoms with Gasteiger partial charge >= 0.3 is 0 Å². The number of carbonyl (C=O) groups is 1. The standard InChI is InChI=1S/C13H19BrN2O/c1-13(2,3)11(15)12(17)16-8-9-5-4-6-10(14)7-9/h4-7,11H,8,15H2,1-3H3,(H,16,17)/t11-/m1/s1. The van der Waals surface area contributed by atoms with Gasteiger partial charge in [-0.25, -0.2) is 0 Å². The minimum Gasteiger partial charge on any atom is -0.351 e. The Labute approximate surface area is 111 Å². The first-order valence-corrected chi connectivity index (χ1v) is 6.38. The van der Waals surface area contributed by atoms with Crippen LogP contribution in [0.3, 0.4) is 0 Å². The minimum atomic E-state index is -0.491. The summed E-state index contributed by atoms with van der Waals surface area (Å²) in [6.45, 7) is 6.37. The number of amides is 1. The Bertz CT molecular complexity index is 399. The Balaban J connectivity index is 2.54. The molecule has 1 rings (SSSR count). The molecule has 0 saturated heterocycles. The molecule has 0 aromatic heterocycles. The molecule has 3 N–H and O–H groups in total. The molecule has 0 bridgehead atoms. The third-order valence-corrected chi connectivity index (χ3v) is 3.06. The van der Waals surface area contributed by atoms with Gasteiger partial charge in [-0.15, -0.1) is 0 Å². The van der Waals surface area contributed by atoms with Crippen molar-refractivity contribution in [1.29, 1.82) is 0 Å². The van der Waals surface area contributed by atoms with Gasteiger partial charge in [0.05, 0.1) is 6.04 Å². The van der Waals surface area contributed by atoms with Gasteiger partial charge in [-0.05, 0) is 23.1 Å². The van der Waals surface area contributed by atoms with Crippen LogP contribution in [-0.4, -0.2) is 11.9 Å². The number of carbonyl (C=O) groups excluding carboxylic acids is 1. The number of halogens is 1. The Morgan fingerprint density at radius 2 is 2.12 bits per heavy atom. The van der Waals surface area contributed by atoms with Crippen molar-refractivity contribution in [2.45, 2.75) is 33.4 Å². The number of hydrogen-bond donors (Lipinski definition) is 2. The van der Waals surface area contributed by atoms with Crippen LogP contribution in [0.1, 0.15) is 26.3 Å². The highest BCUT2D eigenvalue weighted by Crippen LogP contribution is 2.17. The monoisotopic (exact) mass is 298 g/mol. The smallest absolute Gasteiger partial charge is 0.237 e. The largest absolute Gasteiger partial charge is 0.351 e. The molecule has 4 heteroatoms. The molecule has 0 radical (unpaired) electrons. The lowest BCUT2D eigenvalue weighted by atomic mass is 9.87. The molecule has 0 heterocycles. The summed E-state index contributed by atoms with van der Waals surface area (Å²) in [7, 11) is 0. The maximum absolute atomic E-state index is 11.8. The van der Waals surface area contributed by atoms with Gasteiger partial charge in [0.25, 0.3) is 0 Å². The number of rotatable bonds is 3. The second-order valence-corrected chi connectivity index (χ2v) is 6.11. The van der Waals surface area contributed by atoms with Crippen molar-refractivity contribution in [3.63, 3.8) is 0 Å². The summed E-state index contributed by atoms with van der Waals surface area (Å²) in [5.74, 6) is -0.113. The van der Waals surface area contributed by atoms with Gasteiger partial charge in [-0.3, -0.25) is 4.79 Å². The Morgan fingerprint density at radius 1 is 1.47 bits per heavy atom. The van der Waals surface area contributed by atoms with Crippen LogP contribution in [0.4, 0.5) is 0 Å². The van der Waals surface area contributed by atoms with E-state index in [0.717, 1.165) is 10.0 Å². The first kappa shape index (κ1) is 14.2. The summed E-state index contributed by atoms with van der Waals surface area (Å²) in [5.41, 5.74) is 6.70. The molecule has 17 heavy (non-hydrogen) atoms. The van der Waals surface area contributed by atoms with E-state index < -0.39 is 6.04 Å². The molecule has 1 aromatic rings. The molecule has 0 spiro atoms. The third-order valence-electron chi connectivity index (χ3n) is 2.57. The Kier molecular flexibility index (Phi) is 4.71. The van der Waals surface area contributed by atoms with Crippen molar-refractivity contribution in [1.82, 2.24) is 5.32 Å². The van der Waals surface area contributed by atoms with Crippen molar-refractivity contribution in [2.24, 2.45) is 11.1 Å². The van der Waals surface area contributed by atoms with Crippen molar-refractivity contribution in [3.05, 3.63) is 34.3 Å². The van der Waals surface area contributed by atoms with Gasteiger partial charge in [-0.1, -0.05) is 48.8 Å². The maximum atomic E-state index is 11.8. The Hall–Kier alpha value is -0.870. The van der Waals surface area contributed by atoms with Crippen LogP contribution in [0.25, 0.3) is 0 Å². The second kappa shape index (κ2) is 5.65. The van der Waals surface area contributed by atoms with E-state index in [9.17, 15) is 4.79 Å². The normalized spacial score (nSPS) is 13.2. The number of nitrogens with two attached hydrogens (primary N) is 1. The number of benzene rings is 1. The highest BCUT2D eigenvalue weighted by molar-refractivity contribution is 9.10. The molecule has 0 saturated carbocycles. The van der Waals surface area contributed by atoms with E-state index in [0.29, 0.717) is 6.54 Å². The molecule has 0 aliphatic carbocycles. The predicted molar refractivity (Wildman–Crippen MR) is 73.4 cm³/mol. The van der Waals surface area contributed by atoms with Crippen molar-refractivity contribution in [3.8, 4) is 0 Å². The quantitative estimate of drug-likeness (QED) is 0.900. The van der Waals surface area contributed by atoms with Gasteiger partial charge in [0.1, 0.15) is 0 Å². The first-order valence-electron chi connectivity index (χ1n) is 5.58. The molecule has 1 aromatic carbocycles. The molecule has 0 aliphatic heterocycles. The van der Waals surface area contributed by atoms with Crippen LogP contribution < -0.4 is 11.1 Å². The SMILES string of the molecule is CC(C)(C)[C@H](N)C(=O)NCc1cccc(Br)c1. The van der Waals surface area contributed by atoms with E-state index in [4.69, 9.17) is 5.73 Å². The van der Waals surface area contributed by atoms with E-state index >= 15 is 0 Å². The third kappa shape index (κ3) is 4.48. The topological polar surface area (TPSA) is 55.1 Å². The minimum absolute atomic E-state index is 0.113. The van der Waals surface area contributed by atoms with Crippen LogP contribution in [0, 0.1) is 5.41 Å². The summed E-state index contributed by atoms with van der Waals surface area (Å²) in [6, 6.07) is 7.34. The van der Waals surface area contributed by atoms with Crippen molar-refractivity contribution < 1.29 is 4.79 Å². The fourth-order valence-corrected chi connectivity index (χ4v) is 1.79. The van der Waals surface area contributed by atoms with Crippen LogP contribution in [0.5, 0.6) is 0 Å². The number of nitrogens with one attached hydrogen (secondary N) is 1. The highest BCUT2D eigenvalue weighted by Gasteiger charge is 2.26. The Morgan fingerprint density at radius 3 is 2.65 bits per heavy atom. The van der Waals surface area contributed by atoms with E-state index in [1.165, 1.54) is 0 Å². The van der Waals surface area contributed by atoms with Crippen LogP contribution in [-0.2, 0) is 11.3 Å². The van der Waals surface area contributed by atoms with E-state index in [1.54, 1.807) is 0 Å². The summed E-state index contributed by atoms with van der Waals surface area (Å²) in [4.78, 5) is 11.8. The lowest BCUT2D eigenvalue weighted by molar-refractivity contribution is -0.124. The van der Waals surface area contributed by atoms with Crippen molar-refractivity contribution in [2.75, 3.05) is 0 Å². The lowest BCUT2D eigenvalue weighted by Gasteiger charge is -2.25. The predicted octanol–water partition coefficient (Wildman–Crippen LogP) is 2.44. The lowest BCUT2D eigenvalue weighted by Crippen LogP contribution is -2.48. The van der Waals surface area contributed by atoms with Gasteiger partial charge in [0.15, 0.2) is 0 Å². The first-order chi connectivity index (χ1) is 7.80. The zero-order valence-electron chi connectivity index (χ0n) is 10.5. The summed E-state index contributed by atoms with van der Waals surface area (Å²) in [5, 5.41) is 2.85. The van der Waals surface area contributed by atoms with E-state index in [2.05, 4.69) is 21.2 Å². The summed E-state index contributed by atoms with van der Waals surface area (Å²) in [6.07, 6.45) is 0. The molecule has 0 aliphatic rings. The maximum Gasteiger partial charge on any atom is 0.237 e. The zero-order chi connectivity index (χ0) is 13.1. The molecule has 0 fully saturated rings. The average Bonchev–Trinajstić information content (AvgIpc) is 2.23. The van der Waals surface area contributed by atoms with Gasteiger partial charge in [0.2, 0.25) is 5.91 Å². The molecular formula is C13H19BrN2O. The van der Waals surface area contributed by atoms with Crippen molar-refractivity contribution >= 4 is 21.8 Å². The summed E-state index contributed by atoms with van der Waals surface area (Å²) < 4.78 is 1.00. The zero-order valence-corrected chi connectivity index (χ0v) is 12.0. The van der Waals surface area contributed by atoms with Gasteiger partial charge < -0.3 is 11.1 Å².